The monoisotopic (exact) mass is 949 g/mol. The molecule has 0 amide bonds. The number of aliphatic hydroxyl groups excluding tert-OH is 5. The molecule has 18 heteroatoms. The zero-order valence-electron chi connectivity index (χ0n) is 38.7. The summed E-state index contributed by atoms with van der Waals surface area (Å²) in [6.07, 6.45) is 19.4. The van der Waals surface area contributed by atoms with Crippen LogP contribution in [0.4, 0.5) is 0 Å². The molecule has 7 N–H and O–H groups in total. The SMILES string of the molecule is CC/C=C\CC(/C=C/C1C2CC(OO2)C1C/C=C\CCCC(=O)OC(COC(=O)CCCCCCCCCCCCCCCCC)COP(=O)(O)OC1C(O)C(O)C(O)C(O)C1O)OO. The second-order valence-corrected chi connectivity index (χ2v) is 19.2. The topological polar surface area (TPSA) is 257 Å². The number of allylic oxidation sites excluding steroid dienone is 3. The van der Waals surface area contributed by atoms with Crippen molar-refractivity contribution in [1.29, 1.82) is 0 Å². The zero-order valence-corrected chi connectivity index (χ0v) is 39.6. The number of phosphoric acid groups is 1. The Morgan fingerprint density at radius 2 is 1.26 bits per heavy atom. The number of fused-ring (bicyclic) bond motifs is 2. The molecule has 3 rings (SSSR count). The third-order valence-electron chi connectivity index (χ3n) is 12.4. The van der Waals surface area contributed by atoms with Crippen LogP contribution in [0.1, 0.15) is 162 Å². The number of carbonyl (C=O) groups is 2. The van der Waals surface area contributed by atoms with Crippen molar-refractivity contribution in [3.8, 4) is 0 Å². The first-order chi connectivity index (χ1) is 31.3. The third-order valence-corrected chi connectivity index (χ3v) is 13.4. The highest BCUT2D eigenvalue weighted by Crippen LogP contribution is 2.47. The molecule has 0 spiro atoms. The van der Waals surface area contributed by atoms with Gasteiger partial charge in [-0.1, -0.05) is 140 Å². The van der Waals surface area contributed by atoms with Gasteiger partial charge in [-0.05, 0) is 38.5 Å². The van der Waals surface area contributed by atoms with E-state index in [1.54, 1.807) is 0 Å². The van der Waals surface area contributed by atoms with E-state index in [9.17, 15) is 49.8 Å². The number of carbonyl (C=O) groups excluding carboxylic acids is 2. The first-order valence-electron chi connectivity index (χ1n) is 24.3. The maximum atomic E-state index is 12.9. The molecule has 3 aliphatic rings. The highest BCUT2D eigenvalue weighted by Gasteiger charge is 2.52. The smallest absolute Gasteiger partial charge is 0.462 e. The zero-order chi connectivity index (χ0) is 47.5. The van der Waals surface area contributed by atoms with Gasteiger partial charge in [0, 0.05) is 31.1 Å². The molecule has 11 atom stereocenters. The van der Waals surface area contributed by atoms with E-state index in [-0.39, 0.29) is 36.9 Å². The van der Waals surface area contributed by atoms with Crippen molar-refractivity contribution < 1.29 is 83.0 Å². The lowest BCUT2D eigenvalue weighted by molar-refractivity contribution is -0.336. The van der Waals surface area contributed by atoms with Gasteiger partial charge in [0.2, 0.25) is 0 Å². The first kappa shape index (κ1) is 57.2. The summed E-state index contributed by atoms with van der Waals surface area (Å²) in [4.78, 5) is 51.6. The van der Waals surface area contributed by atoms with Crippen LogP contribution in [0.5, 0.6) is 0 Å². The first-order valence-corrected chi connectivity index (χ1v) is 25.8. The number of ether oxygens (including phenoxy) is 2. The van der Waals surface area contributed by atoms with Crippen molar-refractivity contribution in [1.82, 2.24) is 0 Å². The van der Waals surface area contributed by atoms with Crippen LogP contribution in [-0.2, 0) is 47.3 Å². The number of phosphoric ester groups is 1. The van der Waals surface area contributed by atoms with Crippen molar-refractivity contribution in [3.63, 3.8) is 0 Å². The summed E-state index contributed by atoms with van der Waals surface area (Å²) < 4.78 is 33.7. The number of aliphatic hydroxyl groups is 5. The van der Waals surface area contributed by atoms with E-state index in [1.165, 1.54) is 64.2 Å². The fourth-order valence-corrected chi connectivity index (χ4v) is 9.47. The van der Waals surface area contributed by atoms with Crippen LogP contribution in [0.25, 0.3) is 0 Å². The van der Waals surface area contributed by atoms with E-state index in [1.807, 2.05) is 43.4 Å². The van der Waals surface area contributed by atoms with Crippen molar-refractivity contribution in [2.75, 3.05) is 13.2 Å². The second-order valence-electron chi connectivity index (χ2n) is 17.8. The minimum atomic E-state index is -5.17. The standard InChI is InChI=1S/C47H81O17P/c1-3-5-7-8-9-10-11-12-13-14-15-16-17-18-23-27-40(48)58-32-35(33-59-65(56,57)64-47-45(53)43(51)42(50)44(52)46(47)54)60-41(49)28-24-20-19-22-26-36-37(39-31-38(36)62-63-39)30-29-34(61-55)25-21-6-4-2/h6,19,21-22,29-30,34-39,42-47,50-55H,3-5,7-18,20,23-28,31-33H2,1-2H3,(H,56,57)/b21-6-,22-19-,30-29+. The Morgan fingerprint density at radius 3 is 1.86 bits per heavy atom. The molecule has 2 bridgehead atoms. The molecular weight excluding hydrogens is 867 g/mol. The fraction of sp³-hybridized carbons (Fsp3) is 0.830. The van der Waals surface area contributed by atoms with Gasteiger partial charge in [0.25, 0.3) is 0 Å². The molecule has 17 nitrogen and oxygen atoms in total. The quantitative estimate of drug-likeness (QED) is 0.00815. The molecule has 11 unspecified atom stereocenters. The van der Waals surface area contributed by atoms with E-state index in [4.69, 9.17) is 28.3 Å². The molecule has 0 radical (unpaired) electrons. The van der Waals surface area contributed by atoms with Gasteiger partial charge in [0.05, 0.1) is 12.7 Å². The van der Waals surface area contributed by atoms with Crippen molar-refractivity contribution in [3.05, 3.63) is 36.5 Å². The largest absolute Gasteiger partial charge is 0.472 e. The Labute approximate surface area is 386 Å². The Kier molecular flexibility index (Phi) is 28.7. The minimum absolute atomic E-state index is 0.0365. The molecule has 2 saturated carbocycles. The Bertz CT molecular complexity index is 1430. The number of hydrogen-bond acceptors (Lipinski definition) is 16. The van der Waals surface area contributed by atoms with Gasteiger partial charge >= 0.3 is 19.8 Å². The van der Waals surface area contributed by atoms with Gasteiger partial charge in [-0.15, -0.1) is 0 Å². The maximum absolute atomic E-state index is 12.9. The lowest BCUT2D eigenvalue weighted by Crippen LogP contribution is -2.64. The van der Waals surface area contributed by atoms with Crippen molar-refractivity contribution in [2.45, 2.75) is 223 Å². The normalized spacial score (nSPS) is 28.6. The second kappa shape index (κ2) is 32.6. The summed E-state index contributed by atoms with van der Waals surface area (Å²) >= 11 is 0. The van der Waals surface area contributed by atoms with E-state index in [2.05, 4.69) is 11.8 Å². The Balaban J connectivity index is 1.43. The molecule has 376 valence electrons. The molecule has 0 aromatic rings. The molecule has 1 heterocycles. The Morgan fingerprint density at radius 1 is 0.692 bits per heavy atom. The van der Waals surface area contributed by atoms with Gasteiger partial charge in [-0.25, -0.2) is 19.2 Å². The van der Waals surface area contributed by atoms with Crippen LogP contribution in [0.3, 0.4) is 0 Å². The molecule has 0 aromatic carbocycles. The van der Waals surface area contributed by atoms with E-state index in [0.29, 0.717) is 32.1 Å². The summed E-state index contributed by atoms with van der Waals surface area (Å²) in [6, 6.07) is 0. The summed E-state index contributed by atoms with van der Waals surface area (Å²) in [5.74, 6) is -1.00. The minimum Gasteiger partial charge on any atom is -0.462 e. The van der Waals surface area contributed by atoms with Crippen LogP contribution < -0.4 is 0 Å². The average molecular weight is 949 g/mol. The van der Waals surface area contributed by atoms with Crippen LogP contribution in [0.2, 0.25) is 0 Å². The fourth-order valence-electron chi connectivity index (χ4n) is 8.50. The van der Waals surface area contributed by atoms with Crippen molar-refractivity contribution in [2.24, 2.45) is 11.8 Å². The van der Waals surface area contributed by atoms with E-state index in [0.717, 1.165) is 38.5 Å². The summed E-state index contributed by atoms with van der Waals surface area (Å²) in [6.45, 7) is 2.98. The molecule has 0 aromatic heterocycles. The molecule has 65 heavy (non-hydrogen) atoms. The summed E-state index contributed by atoms with van der Waals surface area (Å²) in [5.41, 5.74) is 0. The number of esters is 2. The summed E-state index contributed by atoms with van der Waals surface area (Å²) in [5, 5.41) is 59.7. The Hall–Kier alpha value is -2.09. The average Bonchev–Trinajstić information content (AvgIpc) is 3.90. The van der Waals surface area contributed by atoms with Crippen molar-refractivity contribution >= 4 is 19.8 Å². The molecule has 2 aliphatic carbocycles. The highest BCUT2D eigenvalue weighted by atomic mass is 31.2. The summed E-state index contributed by atoms with van der Waals surface area (Å²) in [7, 11) is -5.17. The van der Waals surface area contributed by atoms with Gasteiger partial charge in [0.15, 0.2) is 6.10 Å². The number of rotatable bonds is 36. The maximum Gasteiger partial charge on any atom is 0.472 e. The lowest BCUT2D eigenvalue weighted by atomic mass is 9.85. The van der Waals surface area contributed by atoms with E-state index >= 15 is 0 Å². The van der Waals surface area contributed by atoms with Gasteiger partial charge in [-0.2, -0.15) is 0 Å². The molecule has 1 aliphatic heterocycles. The van der Waals surface area contributed by atoms with Crippen LogP contribution in [-0.4, -0.2) is 122 Å². The third kappa shape index (κ3) is 21.8. The molecule has 1 saturated heterocycles. The van der Waals surface area contributed by atoms with Crippen LogP contribution in [0, 0.1) is 11.8 Å². The van der Waals surface area contributed by atoms with E-state index < -0.39 is 81.8 Å². The predicted octanol–water partition coefficient (Wildman–Crippen LogP) is 7.25. The molecular formula is C47H81O17P. The van der Waals surface area contributed by atoms with Crippen LogP contribution >= 0.6 is 7.82 Å². The predicted molar refractivity (Wildman–Crippen MR) is 241 cm³/mol. The van der Waals surface area contributed by atoms with Gasteiger partial charge in [-0.3, -0.25) is 23.9 Å². The molecule has 3 fully saturated rings. The number of hydrogen-bond donors (Lipinski definition) is 7. The van der Waals surface area contributed by atoms with Crippen LogP contribution in [0.15, 0.2) is 36.5 Å². The van der Waals surface area contributed by atoms with Gasteiger partial charge < -0.3 is 39.9 Å². The number of unbranched alkanes of at least 4 members (excludes halogenated alkanes) is 15. The van der Waals surface area contributed by atoms with Gasteiger partial charge in [0.1, 0.15) is 55.4 Å². The lowest BCUT2D eigenvalue weighted by Gasteiger charge is -2.41. The highest BCUT2D eigenvalue weighted by molar-refractivity contribution is 7.47.